The second-order valence-electron chi connectivity index (χ2n) is 8.84. The molecule has 0 unspecified atom stereocenters. The molecule has 4 heterocycles. The summed E-state index contributed by atoms with van der Waals surface area (Å²) in [6, 6.07) is 7.93. The van der Waals surface area contributed by atoms with E-state index in [-0.39, 0.29) is 16.9 Å². The van der Waals surface area contributed by atoms with Gasteiger partial charge in [0.25, 0.3) is 0 Å². The zero-order chi connectivity index (χ0) is 23.3. The van der Waals surface area contributed by atoms with Crippen molar-refractivity contribution in [2.45, 2.75) is 30.6 Å². The van der Waals surface area contributed by atoms with E-state index in [2.05, 4.69) is 5.32 Å². The summed E-state index contributed by atoms with van der Waals surface area (Å²) in [4.78, 5) is 43.4. The van der Waals surface area contributed by atoms with Gasteiger partial charge in [0, 0.05) is 11.6 Å². The largest absolute Gasteiger partial charge is 0.418 e. The Balaban J connectivity index is 1.56. The van der Waals surface area contributed by atoms with Crippen LogP contribution in [-0.2, 0) is 26.1 Å². The number of benzene rings is 2. The lowest BCUT2D eigenvalue weighted by Crippen LogP contribution is -2.54. The van der Waals surface area contributed by atoms with Crippen molar-refractivity contribution in [3.8, 4) is 0 Å². The van der Waals surface area contributed by atoms with Crippen LogP contribution in [0.15, 0.2) is 42.5 Å². The maximum Gasteiger partial charge on any atom is 0.418 e. The number of fused-ring (bicyclic) bond motifs is 7. The summed E-state index contributed by atoms with van der Waals surface area (Å²) in [5, 5.41) is 2.40. The quantitative estimate of drug-likeness (QED) is 0.525. The number of amides is 3. The molecule has 3 amide bonds. The molecule has 0 aromatic heterocycles. The minimum absolute atomic E-state index is 0.0730. The van der Waals surface area contributed by atoms with Gasteiger partial charge in [0.15, 0.2) is 0 Å². The Morgan fingerprint density at radius 1 is 1.00 bits per heavy atom. The molecular formula is C23H17F4N3O3. The molecule has 6 rings (SSSR count). The van der Waals surface area contributed by atoms with Gasteiger partial charge in [-0.3, -0.25) is 19.3 Å². The van der Waals surface area contributed by atoms with E-state index < -0.39 is 58.7 Å². The highest BCUT2D eigenvalue weighted by Gasteiger charge is 2.75. The molecule has 6 nitrogen and oxygen atoms in total. The summed E-state index contributed by atoms with van der Waals surface area (Å²) in [6.45, 7) is 0.387. The summed E-state index contributed by atoms with van der Waals surface area (Å²) in [5.41, 5.74) is -2.81. The fourth-order valence-electron chi connectivity index (χ4n) is 6.31. The van der Waals surface area contributed by atoms with Gasteiger partial charge >= 0.3 is 6.18 Å². The Kier molecular flexibility index (Phi) is 3.95. The Labute approximate surface area is 185 Å². The molecule has 4 aliphatic rings. The predicted molar refractivity (Wildman–Crippen MR) is 107 cm³/mol. The third-order valence-corrected chi connectivity index (χ3v) is 7.42. The molecule has 0 saturated carbocycles. The number of hydrogen-bond acceptors (Lipinski definition) is 4. The van der Waals surface area contributed by atoms with Gasteiger partial charge in [0.05, 0.1) is 28.8 Å². The van der Waals surface area contributed by atoms with Gasteiger partial charge < -0.3 is 5.32 Å². The summed E-state index contributed by atoms with van der Waals surface area (Å²) in [5.74, 6) is -4.50. The fourth-order valence-corrected chi connectivity index (χ4v) is 6.31. The highest BCUT2D eigenvalue weighted by atomic mass is 19.4. The van der Waals surface area contributed by atoms with Crippen LogP contribution in [0.1, 0.15) is 24.0 Å². The number of alkyl halides is 3. The zero-order valence-electron chi connectivity index (χ0n) is 17.0. The van der Waals surface area contributed by atoms with Crippen LogP contribution in [-0.4, -0.2) is 35.2 Å². The van der Waals surface area contributed by atoms with Gasteiger partial charge in [0.1, 0.15) is 11.4 Å². The average Bonchev–Trinajstić information content (AvgIpc) is 3.46. The molecule has 170 valence electrons. The van der Waals surface area contributed by atoms with E-state index in [1.54, 1.807) is 4.90 Å². The smallest absolute Gasteiger partial charge is 0.323 e. The molecule has 3 fully saturated rings. The van der Waals surface area contributed by atoms with Crippen molar-refractivity contribution in [1.82, 2.24) is 4.90 Å². The number of nitrogens with zero attached hydrogens (tertiary/aromatic N) is 2. The van der Waals surface area contributed by atoms with Crippen molar-refractivity contribution in [1.29, 1.82) is 0 Å². The highest BCUT2D eigenvalue weighted by molar-refractivity contribution is 6.26. The summed E-state index contributed by atoms with van der Waals surface area (Å²) < 4.78 is 54.6. The van der Waals surface area contributed by atoms with E-state index in [9.17, 15) is 31.9 Å². The number of nitrogens with one attached hydrogen (secondary N) is 1. The molecule has 33 heavy (non-hydrogen) atoms. The van der Waals surface area contributed by atoms with Crippen molar-refractivity contribution in [2.75, 3.05) is 16.8 Å². The van der Waals surface area contributed by atoms with Crippen LogP contribution >= 0.6 is 0 Å². The van der Waals surface area contributed by atoms with E-state index in [1.165, 1.54) is 24.3 Å². The van der Waals surface area contributed by atoms with Gasteiger partial charge in [0.2, 0.25) is 17.7 Å². The lowest BCUT2D eigenvalue weighted by Gasteiger charge is -2.36. The molecule has 1 N–H and O–H groups in total. The molecule has 4 aliphatic heterocycles. The van der Waals surface area contributed by atoms with Gasteiger partial charge in [-0.05, 0) is 49.7 Å². The standard InChI is InChI=1S/C23H17F4N3O3/c24-11-6-8-12(9-7-11)30-19(31)16-15-5-2-10-29(15)22(17(16)20(30)32)13-3-1-4-14(23(25,26)27)18(13)28-21(22)33/h1,3-4,6-9,15-17H,2,5,10H2,(H,28,33)/t15-,16-,17-,22+/m1/s1. The van der Waals surface area contributed by atoms with E-state index in [0.29, 0.717) is 19.4 Å². The third kappa shape index (κ3) is 2.39. The van der Waals surface area contributed by atoms with Crippen molar-refractivity contribution < 1.29 is 31.9 Å². The first-order valence-electron chi connectivity index (χ1n) is 10.6. The maximum absolute atomic E-state index is 13.7. The molecule has 3 saturated heterocycles. The molecule has 0 bridgehead atoms. The van der Waals surface area contributed by atoms with Crippen LogP contribution in [0.2, 0.25) is 0 Å². The first kappa shape index (κ1) is 20.3. The number of para-hydroxylation sites is 1. The highest BCUT2D eigenvalue weighted by Crippen LogP contribution is 2.61. The number of anilines is 2. The van der Waals surface area contributed by atoms with Crippen LogP contribution in [0.5, 0.6) is 0 Å². The minimum Gasteiger partial charge on any atom is -0.323 e. The average molecular weight is 459 g/mol. The number of rotatable bonds is 1. The molecule has 2 aromatic carbocycles. The number of carbonyl (C=O) groups is 3. The monoisotopic (exact) mass is 459 g/mol. The number of imide groups is 1. The van der Waals surface area contributed by atoms with Gasteiger partial charge in [-0.1, -0.05) is 12.1 Å². The number of hydrogen-bond donors (Lipinski definition) is 1. The molecule has 0 aliphatic carbocycles. The maximum atomic E-state index is 13.7. The number of carbonyl (C=O) groups excluding carboxylic acids is 3. The first-order chi connectivity index (χ1) is 15.7. The first-order valence-corrected chi connectivity index (χ1v) is 10.6. The second-order valence-corrected chi connectivity index (χ2v) is 8.84. The van der Waals surface area contributed by atoms with Gasteiger partial charge in [-0.25, -0.2) is 9.29 Å². The molecule has 0 radical (unpaired) electrons. The third-order valence-electron chi connectivity index (χ3n) is 7.42. The van der Waals surface area contributed by atoms with E-state index in [4.69, 9.17) is 0 Å². The Hall–Kier alpha value is -3.27. The molecule has 4 atom stereocenters. The van der Waals surface area contributed by atoms with Crippen molar-refractivity contribution in [3.63, 3.8) is 0 Å². The van der Waals surface area contributed by atoms with Gasteiger partial charge in [-0.2, -0.15) is 13.2 Å². The van der Waals surface area contributed by atoms with Crippen LogP contribution in [0.3, 0.4) is 0 Å². The zero-order valence-corrected chi connectivity index (χ0v) is 17.0. The fraction of sp³-hybridized carbons (Fsp3) is 0.348. The predicted octanol–water partition coefficient (Wildman–Crippen LogP) is 3.28. The van der Waals surface area contributed by atoms with Gasteiger partial charge in [-0.15, -0.1) is 0 Å². The Bertz CT molecular complexity index is 1230. The van der Waals surface area contributed by atoms with Crippen molar-refractivity contribution in [2.24, 2.45) is 11.8 Å². The molecule has 10 heteroatoms. The topological polar surface area (TPSA) is 69.7 Å². The summed E-state index contributed by atoms with van der Waals surface area (Å²) in [7, 11) is 0. The lowest BCUT2D eigenvalue weighted by atomic mass is 9.75. The van der Waals surface area contributed by atoms with Crippen LogP contribution in [0.25, 0.3) is 0 Å². The van der Waals surface area contributed by atoms with E-state index >= 15 is 0 Å². The molecule has 2 aromatic rings. The van der Waals surface area contributed by atoms with Crippen LogP contribution in [0.4, 0.5) is 28.9 Å². The minimum atomic E-state index is -4.71. The summed E-state index contributed by atoms with van der Waals surface area (Å²) >= 11 is 0. The van der Waals surface area contributed by atoms with E-state index in [1.807, 2.05) is 0 Å². The Morgan fingerprint density at radius 2 is 1.73 bits per heavy atom. The van der Waals surface area contributed by atoms with Crippen LogP contribution < -0.4 is 10.2 Å². The van der Waals surface area contributed by atoms with Crippen LogP contribution in [0, 0.1) is 17.7 Å². The van der Waals surface area contributed by atoms with Crippen molar-refractivity contribution >= 4 is 29.1 Å². The van der Waals surface area contributed by atoms with Crippen molar-refractivity contribution in [3.05, 3.63) is 59.4 Å². The number of halogens is 4. The second kappa shape index (κ2) is 6.40. The Morgan fingerprint density at radius 3 is 2.42 bits per heavy atom. The molecule has 1 spiro atoms. The lowest BCUT2D eigenvalue weighted by molar-refractivity contribution is -0.137. The SMILES string of the molecule is O=C1[C@@H]2[C@H]3CCCN3[C@]3(C(=O)Nc4c(C(F)(F)F)cccc43)[C@H]2C(=O)N1c1ccc(F)cc1. The summed E-state index contributed by atoms with van der Waals surface area (Å²) in [6.07, 6.45) is -3.52. The normalized spacial score (nSPS) is 30.7. The van der Waals surface area contributed by atoms with E-state index in [0.717, 1.165) is 23.1 Å². The molecular weight excluding hydrogens is 442 g/mol.